The van der Waals surface area contributed by atoms with E-state index in [-0.39, 0.29) is 0 Å². The summed E-state index contributed by atoms with van der Waals surface area (Å²) >= 11 is 0. The number of unbranched alkanes of at least 4 members (excludes halogenated alkanes) is 2. The second kappa shape index (κ2) is 5.61. The van der Waals surface area contributed by atoms with Gasteiger partial charge in [0.25, 0.3) is 0 Å². The highest BCUT2D eigenvalue weighted by Crippen LogP contribution is 2.37. The molecule has 0 bridgehead atoms. The van der Waals surface area contributed by atoms with Crippen molar-refractivity contribution in [3.63, 3.8) is 0 Å². The Bertz CT molecular complexity index is 103. The molecule has 0 spiro atoms. The van der Waals surface area contributed by atoms with Crippen LogP contribution in [0, 0.1) is 11.8 Å². The first-order valence-corrected chi connectivity index (χ1v) is 5.88. The van der Waals surface area contributed by atoms with E-state index in [9.17, 15) is 0 Å². The fourth-order valence-electron chi connectivity index (χ4n) is 2.34. The maximum atomic E-state index is 2.37. The lowest BCUT2D eigenvalue weighted by molar-refractivity contribution is 0.187. The van der Waals surface area contributed by atoms with E-state index in [0.717, 1.165) is 11.8 Å². The third-order valence-electron chi connectivity index (χ3n) is 3.52. The molecule has 1 aliphatic carbocycles. The minimum Gasteiger partial charge on any atom is -0.0654 e. The zero-order valence-electron chi connectivity index (χ0n) is 8.81. The van der Waals surface area contributed by atoms with E-state index in [1.807, 2.05) is 0 Å². The van der Waals surface area contributed by atoms with E-state index in [4.69, 9.17) is 0 Å². The highest BCUT2D eigenvalue weighted by molar-refractivity contribution is 4.76. The van der Waals surface area contributed by atoms with Crippen LogP contribution in [0.1, 0.15) is 65.2 Å². The third kappa shape index (κ3) is 2.80. The third-order valence-corrected chi connectivity index (χ3v) is 3.52. The van der Waals surface area contributed by atoms with Gasteiger partial charge in [0, 0.05) is 0 Å². The lowest BCUT2D eigenvalue weighted by Crippen LogP contribution is -2.21. The molecule has 0 nitrogen and oxygen atoms in total. The van der Waals surface area contributed by atoms with Gasteiger partial charge in [-0.25, -0.2) is 0 Å². The minimum absolute atomic E-state index is 1.07. The molecule has 12 heavy (non-hydrogen) atoms. The molecule has 1 atom stereocenters. The molecule has 0 aromatic rings. The molecule has 0 heteroatoms. The van der Waals surface area contributed by atoms with Crippen molar-refractivity contribution in [2.45, 2.75) is 65.2 Å². The molecule has 0 amide bonds. The van der Waals surface area contributed by atoms with Crippen molar-refractivity contribution in [3.05, 3.63) is 0 Å². The van der Waals surface area contributed by atoms with Crippen molar-refractivity contribution in [1.29, 1.82) is 0 Å². The average molecular weight is 168 g/mol. The maximum Gasteiger partial charge on any atom is -0.0386 e. The topological polar surface area (TPSA) is 0 Å². The van der Waals surface area contributed by atoms with Gasteiger partial charge in [0.05, 0.1) is 0 Å². The van der Waals surface area contributed by atoms with Crippen LogP contribution in [0.25, 0.3) is 0 Å². The summed E-state index contributed by atoms with van der Waals surface area (Å²) in [5, 5.41) is 0. The lowest BCUT2D eigenvalue weighted by atomic mass is 9.73. The summed E-state index contributed by atoms with van der Waals surface area (Å²) in [6, 6.07) is 0. The summed E-state index contributed by atoms with van der Waals surface area (Å²) in [4.78, 5) is 0. The van der Waals surface area contributed by atoms with Gasteiger partial charge in [0.1, 0.15) is 0 Å². The first kappa shape index (κ1) is 10.1. The van der Waals surface area contributed by atoms with Crippen molar-refractivity contribution in [2.75, 3.05) is 0 Å². The summed E-state index contributed by atoms with van der Waals surface area (Å²) in [7, 11) is 0. The van der Waals surface area contributed by atoms with Crippen LogP contribution in [0.2, 0.25) is 0 Å². The standard InChI is InChI=1S/C12H24/c1-3-5-6-8-11(4-2)12-9-7-10-12/h11-12H,3-10H2,1-2H3. The number of hydrogen-bond acceptors (Lipinski definition) is 0. The van der Waals surface area contributed by atoms with Gasteiger partial charge in [0.2, 0.25) is 0 Å². The van der Waals surface area contributed by atoms with Crippen LogP contribution in [0.15, 0.2) is 0 Å². The number of hydrogen-bond donors (Lipinski definition) is 0. The van der Waals surface area contributed by atoms with Crippen molar-refractivity contribution in [3.8, 4) is 0 Å². The van der Waals surface area contributed by atoms with Crippen LogP contribution in [0.3, 0.4) is 0 Å². The Hall–Kier alpha value is 0. The Morgan fingerprint density at radius 2 is 1.92 bits per heavy atom. The van der Waals surface area contributed by atoms with E-state index in [1.54, 1.807) is 0 Å². The van der Waals surface area contributed by atoms with E-state index < -0.39 is 0 Å². The highest BCUT2D eigenvalue weighted by Gasteiger charge is 2.24. The molecular formula is C12H24. The Labute approximate surface area is 77.7 Å². The van der Waals surface area contributed by atoms with Crippen LogP contribution in [0.5, 0.6) is 0 Å². The molecule has 0 aromatic heterocycles. The second-order valence-corrected chi connectivity index (χ2v) is 4.36. The predicted molar refractivity (Wildman–Crippen MR) is 55.3 cm³/mol. The van der Waals surface area contributed by atoms with Crippen molar-refractivity contribution in [2.24, 2.45) is 11.8 Å². The van der Waals surface area contributed by atoms with Crippen molar-refractivity contribution in [1.82, 2.24) is 0 Å². The largest absolute Gasteiger partial charge is 0.0654 e. The molecule has 0 radical (unpaired) electrons. The van der Waals surface area contributed by atoms with Gasteiger partial charge in [0.15, 0.2) is 0 Å². The molecule has 0 N–H and O–H groups in total. The second-order valence-electron chi connectivity index (χ2n) is 4.36. The molecule has 1 unspecified atom stereocenters. The van der Waals surface area contributed by atoms with Crippen LogP contribution in [-0.2, 0) is 0 Å². The molecule has 1 fully saturated rings. The monoisotopic (exact) mass is 168 g/mol. The quantitative estimate of drug-likeness (QED) is 0.516. The van der Waals surface area contributed by atoms with Crippen molar-refractivity contribution < 1.29 is 0 Å². The van der Waals surface area contributed by atoms with Crippen LogP contribution in [-0.4, -0.2) is 0 Å². The smallest absolute Gasteiger partial charge is 0.0386 e. The average Bonchev–Trinajstić information content (AvgIpc) is 1.99. The Morgan fingerprint density at radius 3 is 2.33 bits per heavy atom. The van der Waals surface area contributed by atoms with Gasteiger partial charge in [-0.3, -0.25) is 0 Å². The fraction of sp³-hybridized carbons (Fsp3) is 1.00. The molecule has 1 aliphatic rings. The van der Waals surface area contributed by atoms with Gasteiger partial charge in [-0.2, -0.15) is 0 Å². The summed E-state index contributed by atoms with van der Waals surface area (Å²) in [6.45, 7) is 4.67. The zero-order valence-corrected chi connectivity index (χ0v) is 8.81. The Balaban J connectivity index is 2.07. The van der Waals surface area contributed by atoms with E-state index in [2.05, 4.69) is 13.8 Å². The Kier molecular flexibility index (Phi) is 4.72. The van der Waals surface area contributed by atoms with Gasteiger partial charge >= 0.3 is 0 Å². The molecule has 0 aliphatic heterocycles. The summed E-state index contributed by atoms with van der Waals surface area (Å²) in [5.41, 5.74) is 0. The molecular weight excluding hydrogens is 144 g/mol. The highest BCUT2D eigenvalue weighted by atomic mass is 14.3. The summed E-state index contributed by atoms with van der Waals surface area (Å²) in [6.07, 6.45) is 11.8. The lowest BCUT2D eigenvalue weighted by Gasteiger charge is -2.33. The molecule has 0 saturated heterocycles. The van der Waals surface area contributed by atoms with Gasteiger partial charge < -0.3 is 0 Å². The van der Waals surface area contributed by atoms with Gasteiger partial charge in [-0.15, -0.1) is 0 Å². The summed E-state index contributed by atoms with van der Waals surface area (Å²) in [5.74, 6) is 2.19. The molecule has 1 saturated carbocycles. The van der Waals surface area contributed by atoms with Crippen molar-refractivity contribution >= 4 is 0 Å². The minimum atomic E-state index is 1.07. The SMILES string of the molecule is CCCCCC(CC)C1CCC1. The molecule has 72 valence electrons. The van der Waals surface area contributed by atoms with Gasteiger partial charge in [-0.1, -0.05) is 65.2 Å². The van der Waals surface area contributed by atoms with E-state index >= 15 is 0 Å². The zero-order chi connectivity index (χ0) is 8.81. The first-order chi connectivity index (χ1) is 5.88. The summed E-state index contributed by atoms with van der Waals surface area (Å²) < 4.78 is 0. The van der Waals surface area contributed by atoms with Crippen LogP contribution >= 0.6 is 0 Å². The first-order valence-electron chi connectivity index (χ1n) is 5.88. The maximum absolute atomic E-state index is 2.37. The van der Waals surface area contributed by atoms with E-state index in [0.29, 0.717) is 0 Å². The normalized spacial score (nSPS) is 20.5. The van der Waals surface area contributed by atoms with E-state index in [1.165, 1.54) is 51.4 Å². The Morgan fingerprint density at radius 1 is 1.17 bits per heavy atom. The van der Waals surface area contributed by atoms with Crippen LogP contribution < -0.4 is 0 Å². The molecule has 0 aromatic carbocycles. The molecule has 0 heterocycles. The fourth-order valence-corrected chi connectivity index (χ4v) is 2.34. The number of rotatable bonds is 6. The predicted octanol–water partition coefficient (Wildman–Crippen LogP) is 4.39. The molecule has 1 rings (SSSR count). The van der Waals surface area contributed by atoms with Gasteiger partial charge in [-0.05, 0) is 11.8 Å². The van der Waals surface area contributed by atoms with Crippen LogP contribution in [0.4, 0.5) is 0 Å².